The molecule has 1 unspecified atom stereocenters. The van der Waals surface area contributed by atoms with Gasteiger partial charge in [-0.15, -0.1) is 0 Å². The van der Waals surface area contributed by atoms with Crippen LogP contribution in [0.2, 0.25) is 0 Å². The Bertz CT molecular complexity index is 406. The maximum atomic E-state index is 11.1. The van der Waals surface area contributed by atoms with Crippen LogP contribution in [0, 0.1) is 11.3 Å². The standard InChI is InChI=1S/C12H13N3O/c1-10(16)12(7-8-13)15-14-9-11-5-3-2-4-6-11/h2-6,9,12,15H,7H2,1H3. The molecule has 0 fully saturated rings. The van der Waals surface area contributed by atoms with Gasteiger partial charge < -0.3 is 0 Å². The zero-order valence-corrected chi connectivity index (χ0v) is 9.05. The van der Waals surface area contributed by atoms with Crippen LogP contribution < -0.4 is 5.43 Å². The molecule has 0 aromatic heterocycles. The highest BCUT2D eigenvalue weighted by atomic mass is 16.1. The quantitative estimate of drug-likeness (QED) is 0.597. The molecule has 16 heavy (non-hydrogen) atoms. The second-order valence-electron chi connectivity index (χ2n) is 3.32. The summed E-state index contributed by atoms with van der Waals surface area (Å²) in [5.74, 6) is -0.0910. The number of nitrogens with zero attached hydrogens (tertiary/aromatic N) is 2. The molecule has 4 nitrogen and oxygen atoms in total. The van der Waals surface area contributed by atoms with Gasteiger partial charge in [0.15, 0.2) is 5.78 Å². The Hall–Kier alpha value is -2.15. The molecule has 0 spiro atoms. The highest BCUT2D eigenvalue weighted by molar-refractivity contribution is 5.82. The molecule has 1 atom stereocenters. The number of nitriles is 1. The van der Waals surface area contributed by atoms with E-state index >= 15 is 0 Å². The molecule has 82 valence electrons. The summed E-state index contributed by atoms with van der Waals surface area (Å²) in [6.07, 6.45) is 1.74. The summed E-state index contributed by atoms with van der Waals surface area (Å²) in [5.41, 5.74) is 3.61. The number of Topliss-reactive ketones (excluding diaryl/α,β-unsaturated/α-hetero) is 1. The van der Waals surface area contributed by atoms with Crippen molar-refractivity contribution in [2.24, 2.45) is 5.10 Å². The summed E-state index contributed by atoms with van der Waals surface area (Å²) < 4.78 is 0. The van der Waals surface area contributed by atoms with E-state index in [-0.39, 0.29) is 12.2 Å². The van der Waals surface area contributed by atoms with E-state index in [2.05, 4.69) is 10.5 Å². The maximum Gasteiger partial charge on any atom is 0.154 e. The molecule has 0 amide bonds. The number of hydrogen-bond acceptors (Lipinski definition) is 4. The fourth-order valence-corrected chi connectivity index (χ4v) is 1.11. The Kier molecular flexibility index (Phi) is 4.74. The van der Waals surface area contributed by atoms with Crippen LogP contribution in [0.25, 0.3) is 0 Å². The number of nitrogens with one attached hydrogen (secondary N) is 1. The summed E-state index contributed by atoms with van der Waals surface area (Å²) in [6, 6.07) is 10.9. The molecule has 0 saturated heterocycles. The summed E-state index contributed by atoms with van der Waals surface area (Å²) in [7, 11) is 0. The lowest BCUT2D eigenvalue weighted by Gasteiger charge is -2.08. The van der Waals surface area contributed by atoms with Gasteiger partial charge in [0.1, 0.15) is 6.04 Å². The van der Waals surface area contributed by atoms with Crippen molar-refractivity contribution in [2.45, 2.75) is 19.4 Å². The highest BCUT2D eigenvalue weighted by Gasteiger charge is 2.11. The van der Waals surface area contributed by atoms with Crippen molar-refractivity contribution >= 4 is 12.0 Å². The van der Waals surface area contributed by atoms with Gasteiger partial charge in [-0.25, -0.2) is 0 Å². The summed E-state index contributed by atoms with van der Waals surface area (Å²) >= 11 is 0. The van der Waals surface area contributed by atoms with Gasteiger partial charge in [-0.05, 0) is 12.5 Å². The third-order valence-electron chi connectivity index (χ3n) is 2.03. The van der Waals surface area contributed by atoms with Gasteiger partial charge in [-0.3, -0.25) is 10.2 Å². The maximum absolute atomic E-state index is 11.1. The van der Waals surface area contributed by atoms with Crippen molar-refractivity contribution < 1.29 is 4.79 Å². The van der Waals surface area contributed by atoms with E-state index in [0.29, 0.717) is 0 Å². The number of carbonyl (C=O) groups is 1. The summed E-state index contributed by atoms with van der Waals surface area (Å²) in [5, 5.41) is 12.4. The van der Waals surface area contributed by atoms with Crippen LogP contribution in [0.4, 0.5) is 0 Å². The largest absolute Gasteiger partial charge is 0.299 e. The van der Waals surface area contributed by atoms with Gasteiger partial charge in [0.2, 0.25) is 0 Å². The smallest absolute Gasteiger partial charge is 0.154 e. The van der Waals surface area contributed by atoms with Gasteiger partial charge in [-0.2, -0.15) is 10.4 Å². The van der Waals surface area contributed by atoms with Gasteiger partial charge in [0, 0.05) is 0 Å². The minimum absolute atomic E-state index is 0.0910. The molecule has 0 saturated carbocycles. The SMILES string of the molecule is CC(=O)C(CC#N)NN=Cc1ccccc1. The summed E-state index contributed by atoms with van der Waals surface area (Å²) in [6.45, 7) is 1.44. The number of benzene rings is 1. The number of hydrazone groups is 1. The van der Waals surface area contributed by atoms with Gasteiger partial charge in [0.05, 0.1) is 18.7 Å². The van der Waals surface area contributed by atoms with E-state index in [9.17, 15) is 4.79 Å². The Morgan fingerprint density at radius 1 is 1.56 bits per heavy atom. The van der Waals surface area contributed by atoms with Crippen molar-refractivity contribution in [1.82, 2.24) is 5.43 Å². The fourth-order valence-electron chi connectivity index (χ4n) is 1.11. The molecule has 1 N–H and O–H groups in total. The lowest BCUT2D eigenvalue weighted by Crippen LogP contribution is -2.31. The fraction of sp³-hybridized carbons (Fsp3) is 0.250. The van der Waals surface area contributed by atoms with Crippen molar-refractivity contribution in [3.63, 3.8) is 0 Å². The molecule has 1 rings (SSSR count). The first kappa shape index (κ1) is 11.9. The first-order chi connectivity index (χ1) is 7.74. The monoisotopic (exact) mass is 215 g/mol. The van der Waals surface area contributed by atoms with Gasteiger partial charge in [-0.1, -0.05) is 30.3 Å². The molecule has 0 heterocycles. The second-order valence-corrected chi connectivity index (χ2v) is 3.32. The zero-order valence-electron chi connectivity index (χ0n) is 9.05. The van der Waals surface area contributed by atoms with E-state index in [4.69, 9.17) is 5.26 Å². The third-order valence-corrected chi connectivity index (χ3v) is 2.03. The average molecular weight is 215 g/mol. The van der Waals surface area contributed by atoms with Crippen LogP contribution in [0.1, 0.15) is 18.9 Å². The number of carbonyl (C=O) groups excluding carboxylic acids is 1. The Labute approximate surface area is 94.6 Å². The Morgan fingerprint density at radius 3 is 2.81 bits per heavy atom. The van der Waals surface area contributed by atoms with E-state index in [1.54, 1.807) is 6.21 Å². The Morgan fingerprint density at radius 2 is 2.25 bits per heavy atom. The Balaban J connectivity index is 2.53. The van der Waals surface area contributed by atoms with E-state index in [1.807, 2.05) is 36.4 Å². The predicted octanol–water partition coefficient (Wildman–Crippen LogP) is 1.48. The number of rotatable bonds is 5. The molecular formula is C12H13N3O. The van der Waals surface area contributed by atoms with Gasteiger partial charge in [0.25, 0.3) is 0 Å². The van der Waals surface area contributed by atoms with Crippen LogP contribution in [-0.4, -0.2) is 18.0 Å². The van der Waals surface area contributed by atoms with Crippen molar-refractivity contribution in [1.29, 1.82) is 5.26 Å². The molecular weight excluding hydrogens is 202 g/mol. The van der Waals surface area contributed by atoms with Crippen molar-refractivity contribution in [2.75, 3.05) is 0 Å². The number of hydrogen-bond donors (Lipinski definition) is 1. The molecule has 0 aliphatic rings. The average Bonchev–Trinajstić information content (AvgIpc) is 2.29. The minimum Gasteiger partial charge on any atom is -0.299 e. The first-order valence-electron chi connectivity index (χ1n) is 4.95. The molecule has 0 bridgehead atoms. The molecule has 1 aromatic carbocycles. The van der Waals surface area contributed by atoms with E-state index < -0.39 is 6.04 Å². The topological polar surface area (TPSA) is 65.2 Å². The molecule has 0 aliphatic heterocycles. The normalized spacial score (nSPS) is 12.0. The van der Waals surface area contributed by atoms with Crippen molar-refractivity contribution in [3.8, 4) is 6.07 Å². The minimum atomic E-state index is -0.523. The molecule has 1 aromatic rings. The number of ketones is 1. The van der Waals surface area contributed by atoms with Crippen LogP contribution >= 0.6 is 0 Å². The van der Waals surface area contributed by atoms with E-state index in [1.165, 1.54) is 6.92 Å². The molecule has 0 radical (unpaired) electrons. The third kappa shape index (κ3) is 3.93. The van der Waals surface area contributed by atoms with Crippen LogP contribution in [0.3, 0.4) is 0 Å². The first-order valence-corrected chi connectivity index (χ1v) is 4.95. The summed E-state index contributed by atoms with van der Waals surface area (Å²) in [4.78, 5) is 11.1. The van der Waals surface area contributed by atoms with Gasteiger partial charge >= 0.3 is 0 Å². The lowest BCUT2D eigenvalue weighted by molar-refractivity contribution is -0.118. The second kappa shape index (κ2) is 6.36. The lowest BCUT2D eigenvalue weighted by atomic mass is 10.2. The van der Waals surface area contributed by atoms with Crippen LogP contribution in [-0.2, 0) is 4.79 Å². The van der Waals surface area contributed by atoms with E-state index in [0.717, 1.165) is 5.56 Å². The zero-order chi connectivity index (χ0) is 11.8. The van der Waals surface area contributed by atoms with Crippen LogP contribution in [0.5, 0.6) is 0 Å². The van der Waals surface area contributed by atoms with Crippen molar-refractivity contribution in [3.05, 3.63) is 35.9 Å². The predicted molar refractivity (Wildman–Crippen MR) is 61.9 cm³/mol. The highest BCUT2D eigenvalue weighted by Crippen LogP contribution is 1.95. The molecule has 4 heteroatoms. The molecule has 0 aliphatic carbocycles. The van der Waals surface area contributed by atoms with Crippen LogP contribution in [0.15, 0.2) is 35.4 Å².